The second kappa shape index (κ2) is 8.13. The summed E-state index contributed by atoms with van der Waals surface area (Å²) in [7, 11) is 3.52. The minimum Gasteiger partial charge on any atom is -0.378 e. The number of anilines is 1. The van der Waals surface area contributed by atoms with E-state index >= 15 is 0 Å². The monoisotopic (exact) mass is 391 g/mol. The average molecular weight is 391 g/mol. The van der Waals surface area contributed by atoms with Crippen LogP contribution in [0.3, 0.4) is 0 Å². The lowest BCUT2D eigenvalue weighted by Gasteiger charge is -2.26. The molecule has 0 spiro atoms. The molecule has 1 amide bonds. The van der Waals surface area contributed by atoms with Gasteiger partial charge in [-0.05, 0) is 30.2 Å². The predicted molar refractivity (Wildman–Crippen MR) is 113 cm³/mol. The maximum atomic E-state index is 12.9. The molecule has 1 aliphatic heterocycles. The molecule has 1 aromatic carbocycles. The Balaban J connectivity index is 1.76. The summed E-state index contributed by atoms with van der Waals surface area (Å²) in [5.41, 5.74) is 4.10. The van der Waals surface area contributed by atoms with E-state index in [1.165, 1.54) is 5.56 Å². The van der Waals surface area contributed by atoms with Crippen LogP contribution in [0.25, 0.3) is 22.2 Å². The van der Waals surface area contributed by atoms with Crippen LogP contribution in [0.5, 0.6) is 0 Å². The SMILES string of the molecule is CCc1ccc2nc(-c3cnc(N4CCOCC4)nc3)cc(C(=O)N(C)C)c2c1. The third-order valence-corrected chi connectivity index (χ3v) is 5.15. The summed E-state index contributed by atoms with van der Waals surface area (Å²) in [6.07, 6.45) is 4.46. The molecule has 0 unspecified atom stereocenters. The Labute approximate surface area is 170 Å². The van der Waals surface area contributed by atoms with Crippen molar-refractivity contribution in [2.75, 3.05) is 45.3 Å². The van der Waals surface area contributed by atoms with Gasteiger partial charge >= 0.3 is 0 Å². The molecule has 0 radical (unpaired) electrons. The van der Waals surface area contributed by atoms with Gasteiger partial charge in [-0.1, -0.05) is 13.0 Å². The van der Waals surface area contributed by atoms with Gasteiger partial charge in [-0.15, -0.1) is 0 Å². The van der Waals surface area contributed by atoms with Gasteiger partial charge in [0.05, 0.1) is 30.0 Å². The van der Waals surface area contributed by atoms with Gasteiger partial charge in [0.2, 0.25) is 5.95 Å². The number of benzene rings is 1. The molecule has 1 fully saturated rings. The number of aryl methyl sites for hydroxylation is 1. The number of pyridine rings is 1. The summed E-state index contributed by atoms with van der Waals surface area (Å²) in [4.78, 5) is 30.4. The maximum absolute atomic E-state index is 12.9. The first-order valence-electron chi connectivity index (χ1n) is 9.87. The molecule has 2 aromatic heterocycles. The molecule has 0 saturated carbocycles. The number of rotatable bonds is 4. The molecule has 7 nitrogen and oxygen atoms in total. The first-order valence-corrected chi connectivity index (χ1v) is 9.87. The Hall–Kier alpha value is -3.06. The molecular formula is C22H25N5O2. The number of amides is 1. The molecule has 4 rings (SSSR count). The largest absolute Gasteiger partial charge is 0.378 e. The van der Waals surface area contributed by atoms with Crippen molar-refractivity contribution >= 4 is 22.8 Å². The smallest absolute Gasteiger partial charge is 0.254 e. The normalized spacial score (nSPS) is 14.2. The molecule has 150 valence electrons. The first kappa shape index (κ1) is 19.3. The van der Waals surface area contributed by atoms with Gasteiger partial charge in [0.25, 0.3) is 5.91 Å². The van der Waals surface area contributed by atoms with E-state index in [2.05, 4.69) is 33.9 Å². The summed E-state index contributed by atoms with van der Waals surface area (Å²) in [5.74, 6) is 0.646. The number of carbonyl (C=O) groups is 1. The number of carbonyl (C=O) groups excluding carboxylic acids is 1. The van der Waals surface area contributed by atoms with E-state index < -0.39 is 0 Å². The second-order valence-electron chi connectivity index (χ2n) is 7.33. The van der Waals surface area contributed by atoms with Crippen molar-refractivity contribution in [1.82, 2.24) is 19.9 Å². The van der Waals surface area contributed by atoms with E-state index in [1.54, 1.807) is 31.4 Å². The fourth-order valence-electron chi connectivity index (χ4n) is 3.44. The van der Waals surface area contributed by atoms with Crippen molar-refractivity contribution in [3.8, 4) is 11.3 Å². The lowest BCUT2D eigenvalue weighted by molar-refractivity contribution is 0.0829. The van der Waals surface area contributed by atoms with Crippen LogP contribution >= 0.6 is 0 Å². The summed E-state index contributed by atoms with van der Waals surface area (Å²) in [6.45, 7) is 5.05. The van der Waals surface area contributed by atoms with Gasteiger partial charge in [-0.3, -0.25) is 4.79 Å². The summed E-state index contributed by atoms with van der Waals surface area (Å²) >= 11 is 0. The summed E-state index contributed by atoms with van der Waals surface area (Å²) < 4.78 is 5.38. The van der Waals surface area contributed by atoms with Crippen LogP contribution < -0.4 is 4.90 Å². The number of ether oxygens (including phenoxy) is 1. The number of nitrogens with zero attached hydrogens (tertiary/aromatic N) is 5. The number of aromatic nitrogens is 3. The van der Waals surface area contributed by atoms with Gasteiger partial charge in [0.1, 0.15) is 0 Å². The zero-order valence-corrected chi connectivity index (χ0v) is 17.1. The Morgan fingerprint density at radius 2 is 1.86 bits per heavy atom. The standard InChI is InChI=1S/C22H25N5O2/c1-4-15-5-6-19-17(11-15)18(21(28)26(2)3)12-20(25-19)16-13-23-22(24-14-16)27-7-9-29-10-8-27/h5-6,11-14H,4,7-10H2,1-3H3. The van der Waals surface area contributed by atoms with Crippen LogP contribution in [0.4, 0.5) is 5.95 Å². The van der Waals surface area contributed by atoms with Crippen molar-refractivity contribution in [1.29, 1.82) is 0 Å². The first-order chi connectivity index (χ1) is 14.1. The fraction of sp³-hybridized carbons (Fsp3) is 0.364. The van der Waals surface area contributed by atoms with Crippen molar-refractivity contribution in [2.45, 2.75) is 13.3 Å². The molecular weight excluding hydrogens is 366 g/mol. The third-order valence-electron chi connectivity index (χ3n) is 5.15. The maximum Gasteiger partial charge on any atom is 0.254 e. The number of morpholine rings is 1. The molecule has 0 atom stereocenters. The molecule has 1 aliphatic rings. The third kappa shape index (κ3) is 3.91. The van der Waals surface area contributed by atoms with Crippen LogP contribution in [0.1, 0.15) is 22.8 Å². The average Bonchev–Trinajstić information content (AvgIpc) is 2.78. The molecule has 0 N–H and O–H groups in total. The topological polar surface area (TPSA) is 71.5 Å². The minimum atomic E-state index is -0.0437. The number of hydrogen-bond donors (Lipinski definition) is 0. The zero-order valence-electron chi connectivity index (χ0n) is 17.1. The molecule has 0 aliphatic carbocycles. The molecule has 7 heteroatoms. The molecule has 1 saturated heterocycles. The lowest BCUT2D eigenvalue weighted by Crippen LogP contribution is -2.37. The zero-order chi connectivity index (χ0) is 20.4. The van der Waals surface area contributed by atoms with E-state index in [9.17, 15) is 4.79 Å². The molecule has 0 bridgehead atoms. The van der Waals surface area contributed by atoms with Gasteiger partial charge in [0, 0.05) is 50.5 Å². The van der Waals surface area contributed by atoms with Crippen LogP contribution in [-0.4, -0.2) is 66.2 Å². The van der Waals surface area contributed by atoms with Crippen LogP contribution in [0, 0.1) is 0 Å². The highest BCUT2D eigenvalue weighted by atomic mass is 16.5. The fourth-order valence-corrected chi connectivity index (χ4v) is 3.44. The van der Waals surface area contributed by atoms with E-state index in [0.29, 0.717) is 30.4 Å². The van der Waals surface area contributed by atoms with Crippen molar-refractivity contribution < 1.29 is 9.53 Å². The van der Waals surface area contributed by atoms with Crippen LogP contribution in [0.15, 0.2) is 36.7 Å². The highest BCUT2D eigenvalue weighted by Gasteiger charge is 2.17. The van der Waals surface area contributed by atoms with Gasteiger partial charge < -0.3 is 14.5 Å². The minimum absolute atomic E-state index is 0.0437. The Bertz CT molecular complexity index is 1030. The van der Waals surface area contributed by atoms with Gasteiger partial charge in [-0.25, -0.2) is 15.0 Å². The highest BCUT2D eigenvalue weighted by molar-refractivity contribution is 6.07. The predicted octanol–water partition coefficient (Wildman–Crippen LogP) is 2.79. The Morgan fingerprint density at radius 3 is 2.52 bits per heavy atom. The van der Waals surface area contributed by atoms with E-state index in [1.807, 2.05) is 12.1 Å². The van der Waals surface area contributed by atoms with Gasteiger partial charge in [0.15, 0.2) is 0 Å². The number of fused-ring (bicyclic) bond motifs is 1. The van der Waals surface area contributed by atoms with E-state index in [0.717, 1.165) is 36.0 Å². The Morgan fingerprint density at radius 1 is 1.14 bits per heavy atom. The van der Waals surface area contributed by atoms with Crippen LogP contribution in [0.2, 0.25) is 0 Å². The van der Waals surface area contributed by atoms with Crippen molar-refractivity contribution in [3.05, 3.63) is 47.8 Å². The number of hydrogen-bond acceptors (Lipinski definition) is 6. The summed E-state index contributed by atoms with van der Waals surface area (Å²) in [6, 6.07) is 7.94. The lowest BCUT2D eigenvalue weighted by atomic mass is 10.0. The quantitative estimate of drug-likeness (QED) is 0.681. The molecule has 3 heterocycles. The highest BCUT2D eigenvalue weighted by Crippen LogP contribution is 2.26. The van der Waals surface area contributed by atoms with Crippen molar-refractivity contribution in [2.24, 2.45) is 0 Å². The second-order valence-corrected chi connectivity index (χ2v) is 7.33. The van der Waals surface area contributed by atoms with Crippen molar-refractivity contribution in [3.63, 3.8) is 0 Å². The Kier molecular flexibility index (Phi) is 5.40. The summed E-state index contributed by atoms with van der Waals surface area (Å²) in [5, 5.41) is 0.873. The van der Waals surface area contributed by atoms with Gasteiger partial charge in [-0.2, -0.15) is 0 Å². The van der Waals surface area contributed by atoms with Crippen LogP contribution in [-0.2, 0) is 11.2 Å². The van der Waals surface area contributed by atoms with E-state index in [4.69, 9.17) is 9.72 Å². The molecule has 29 heavy (non-hydrogen) atoms. The van der Waals surface area contributed by atoms with E-state index in [-0.39, 0.29) is 5.91 Å². The molecule has 3 aromatic rings.